The summed E-state index contributed by atoms with van der Waals surface area (Å²) < 4.78 is 11.5. The average Bonchev–Trinajstić information content (AvgIpc) is 3.06. The summed E-state index contributed by atoms with van der Waals surface area (Å²) in [6.45, 7) is 5.62. The predicted molar refractivity (Wildman–Crippen MR) is 116 cm³/mol. The van der Waals surface area contributed by atoms with Crippen LogP contribution < -0.4 is 4.74 Å². The molecule has 1 unspecified atom stereocenters. The van der Waals surface area contributed by atoms with Crippen LogP contribution in [0.15, 0.2) is 52.9 Å². The second-order valence-corrected chi connectivity index (χ2v) is 7.28. The van der Waals surface area contributed by atoms with E-state index in [1.165, 1.54) is 0 Å². The summed E-state index contributed by atoms with van der Waals surface area (Å²) in [7, 11) is 0. The third-order valence-corrected chi connectivity index (χ3v) is 4.91. The normalized spacial score (nSPS) is 12.3. The van der Waals surface area contributed by atoms with E-state index in [0.717, 1.165) is 33.8 Å². The van der Waals surface area contributed by atoms with Crippen molar-refractivity contribution in [3.05, 3.63) is 76.0 Å². The van der Waals surface area contributed by atoms with Crippen molar-refractivity contribution in [3.8, 4) is 17.1 Å². The molecular weight excluding hydrogens is 388 g/mol. The fraction of sp³-hybridized carbons (Fsp3) is 0.208. The van der Waals surface area contributed by atoms with Crippen molar-refractivity contribution in [2.75, 3.05) is 0 Å². The zero-order chi connectivity index (χ0) is 21.0. The zero-order valence-corrected chi connectivity index (χ0v) is 17.4. The van der Waals surface area contributed by atoms with Crippen LogP contribution in [0, 0.1) is 13.8 Å². The standard InChI is InChI=1S/C24H23ClO4/c1-4-21(24(26)27)29-22-12-6-17(13-15(22)2)5-7-19-14-23(28-16(19)3)18-8-10-20(25)11-9-18/h5-14,21H,4H2,1-3H3,(H,26,27). The molecule has 0 spiro atoms. The van der Waals surface area contributed by atoms with Gasteiger partial charge < -0.3 is 14.3 Å². The molecule has 0 amide bonds. The van der Waals surface area contributed by atoms with Crippen LogP contribution in [-0.2, 0) is 4.79 Å². The maximum atomic E-state index is 11.2. The highest BCUT2D eigenvalue weighted by Crippen LogP contribution is 2.28. The fourth-order valence-electron chi connectivity index (χ4n) is 2.97. The summed E-state index contributed by atoms with van der Waals surface area (Å²) in [6, 6.07) is 15.2. The highest BCUT2D eigenvalue weighted by molar-refractivity contribution is 6.30. The molecule has 0 saturated heterocycles. The summed E-state index contributed by atoms with van der Waals surface area (Å²) in [5.74, 6) is 1.25. The van der Waals surface area contributed by atoms with E-state index < -0.39 is 12.1 Å². The molecule has 2 aromatic carbocycles. The van der Waals surface area contributed by atoms with Gasteiger partial charge in [0.05, 0.1) is 0 Å². The Morgan fingerprint density at radius 3 is 2.48 bits per heavy atom. The van der Waals surface area contributed by atoms with Gasteiger partial charge in [-0.15, -0.1) is 0 Å². The first-order chi connectivity index (χ1) is 13.9. The quantitative estimate of drug-likeness (QED) is 0.474. The van der Waals surface area contributed by atoms with Gasteiger partial charge in [-0.1, -0.05) is 36.7 Å². The first kappa shape index (κ1) is 20.7. The predicted octanol–water partition coefficient (Wildman–Crippen LogP) is 6.63. The van der Waals surface area contributed by atoms with Gasteiger partial charge in [0.15, 0.2) is 6.10 Å². The van der Waals surface area contributed by atoms with Crippen molar-refractivity contribution in [2.45, 2.75) is 33.3 Å². The van der Waals surface area contributed by atoms with Gasteiger partial charge in [0.1, 0.15) is 17.3 Å². The number of ether oxygens (including phenoxy) is 1. The van der Waals surface area contributed by atoms with E-state index >= 15 is 0 Å². The number of aryl methyl sites for hydroxylation is 2. The number of halogens is 1. The van der Waals surface area contributed by atoms with Crippen LogP contribution >= 0.6 is 11.6 Å². The number of hydrogen-bond donors (Lipinski definition) is 1. The molecular formula is C24H23ClO4. The van der Waals surface area contributed by atoms with E-state index in [0.29, 0.717) is 17.2 Å². The van der Waals surface area contributed by atoms with Gasteiger partial charge in [-0.05, 0) is 73.9 Å². The van der Waals surface area contributed by atoms with Crippen molar-refractivity contribution >= 4 is 29.7 Å². The second-order valence-electron chi connectivity index (χ2n) is 6.84. The van der Waals surface area contributed by atoms with Crippen LogP contribution in [0.5, 0.6) is 5.75 Å². The zero-order valence-electron chi connectivity index (χ0n) is 16.6. The molecule has 29 heavy (non-hydrogen) atoms. The lowest BCUT2D eigenvalue weighted by Gasteiger charge is -2.15. The van der Waals surface area contributed by atoms with Gasteiger partial charge in [-0.25, -0.2) is 4.79 Å². The van der Waals surface area contributed by atoms with Crippen LogP contribution in [0.1, 0.15) is 35.8 Å². The Morgan fingerprint density at radius 2 is 1.86 bits per heavy atom. The van der Waals surface area contributed by atoms with Gasteiger partial charge in [0.2, 0.25) is 0 Å². The summed E-state index contributed by atoms with van der Waals surface area (Å²) in [4.78, 5) is 11.2. The van der Waals surface area contributed by atoms with E-state index in [1.54, 1.807) is 6.92 Å². The first-order valence-corrected chi connectivity index (χ1v) is 9.79. The molecule has 0 aliphatic rings. The van der Waals surface area contributed by atoms with Crippen molar-refractivity contribution in [1.29, 1.82) is 0 Å². The number of furan rings is 1. The van der Waals surface area contributed by atoms with Crippen molar-refractivity contribution < 1.29 is 19.1 Å². The van der Waals surface area contributed by atoms with Crippen LogP contribution in [0.25, 0.3) is 23.5 Å². The maximum Gasteiger partial charge on any atom is 0.344 e. The molecule has 0 aliphatic carbocycles. The van der Waals surface area contributed by atoms with Crippen LogP contribution in [0.3, 0.4) is 0 Å². The van der Waals surface area contributed by atoms with Gasteiger partial charge in [-0.2, -0.15) is 0 Å². The third-order valence-electron chi connectivity index (χ3n) is 4.65. The van der Waals surface area contributed by atoms with Gasteiger partial charge in [0.25, 0.3) is 0 Å². The Hall–Kier alpha value is -2.98. The molecule has 0 fully saturated rings. The molecule has 5 heteroatoms. The number of aliphatic carboxylic acids is 1. The molecule has 150 valence electrons. The second kappa shape index (κ2) is 9.01. The molecule has 1 atom stereocenters. The molecule has 3 aromatic rings. The highest BCUT2D eigenvalue weighted by atomic mass is 35.5. The lowest BCUT2D eigenvalue weighted by atomic mass is 10.1. The topological polar surface area (TPSA) is 59.7 Å². The largest absolute Gasteiger partial charge is 0.479 e. The first-order valence-electron chi connectivity index (χ1n) is 9.42. The molecule has 1 N–H and O–H groups in total. The Labute approximate surface area is 175 Å². The fourth-order valence-corrected chi connectivity index (χ4v) is 3.10. The molecule has 4 nitrogen and oxygen atoms in total. The van der Waals surface area contributed by atoms with Gasteiger partial charge in [0, 0.05) is 16.1 Å². The molecule has 3 rings (SSSR count). The van der Waals surface area contributed by atoms with Crippen LogP contribution in [-0.4, -0.2) is 17.2 Å². The van der Waals surface area contributed by atoms with E-state index in [4.69, 9.17) is 25.9 Å². The average molecular weight is 411 g/mol. The molecule has 0 aliphatic heterocycles. The Morgan fingerprint density at radius 1 is 1.14 bits per heavy atom. The van der Waals surface area contributed by atoms with Crippen molar-refractivity contribution in [2.24, 2.45) is 0 Å². The molecule has 1 heterocycles. The lowest BCUT2D eigenvalue weighted by Crippen LogP contribution is -2.26. The molecule has 0 saturated carbocycles. The Balaban J connectivity index is 1.77. The minimum absolute atomic E-state index is 0.409. The number of hydrogen-bond acceptors (Lipinski definition) is 3. The van der Waals surface area contributed by atoms with Crippen molar-refractivity contribution in [1.82, 2.24) is 0 Å². The van der Waals surface area contributed by atoms with Gasteiger partial charge >= 0.3 is 5.97 Å². The Kier molecular flexibility index (Phi) is 6.45. The number of rotatable bonds is 7. The molecule has 0 bridgehead atoms. The smallest absolute Gasteiger partial charge is 0.344 e. The summed E-state index contributed by atoms with van der Waals surface area (Å²) >= 11 is 5.95. The van der Waals surface area contributed by atoms with E-state index in [-0.39, 0.29) is 0 Å². The molecule has 1 aromatic heterocycles. The van der Waals surface area contributed by atoms with Crippen LogP contribution in [0.4, 0.5) is 0 Å². The minimum Gasteiger partial charge on any atom is -0.479 e. The summed E-state index contributed by atoms with van der Waals surface area (Å²) in [5, 5.41) is 9.85. The number of carboxylic acids is 1. The Bertz CT molecular complexity index is 1030. The lowest BCUT2D eigenvalue weighted by molar-refractivity contribution is -0.145. The van der Waals surface area contributed by atoms with Crippen molar-refractivity contribution in [3.63, 3.8) is 0 Å². The third kappa shape index (κ3) is 5.09. The number of carbonyl (C=O) groups is 1. The number of benzene rings is 2. The van der Waals surface area contributed by atoms with E-state index in [9.17, 15) is 4.79 Å². The summed E-state index contributed by atoms with van der Waals surface area (Å²) in [6.07, 6.45) is 3.57. The monoisotopic (exact) mass is 410 g/mol. The van der Waals surface area contributed by atoms with Gasteiger partial charge in [-0.3, -0.25) is 0 Å². The van der Waals surface area contributed by atoms with E-state index in [2.05, 4.69) is 0 Å². The number of carboxylic acid groups (broad SMARTS) is 1. The van der Waals surface area contributed by atoms with E-state index in [1.807, 2.05) is 74.5 Å². The highest BCUT2D eigenvalue weighted by Gasteiger charge is 2.17. The SMILES string of the molecule is CCC(Oc1ccc(C=Cc2cc(-c3ccc(Cl)cc3)oc2C)cc1C)C(=O)O. The maximum absolute atomic E-state index is 11.2. The minimum atomic E-state index is -0.956. The van der Waals surface area contributed by atoms with Crippen LogP contribution in [0.2, 0.25) is 5.02 Å². The molecule has 0 radical (unpaired) electrons. The summed E-state index contributed by atoms with van der Waals surface area (Å²) in [5.41, 5.74) is 3.84.